The maximum absolute atomic E-state index is 13.5. The molecule has 0 aliphatic heterocycles. The minimum absolute atomic E-state index is 0.0545. The summed E-state index contributed by atoms with van der Waals surface area (Å²) in [5.41, 5.74) is 7.39. The Hall–Kier alpha value is -1.46. The number of hydrogen-bond donors (Lipinski definition) is 1. The lowest BCUT2D eigenvalue weighted by Gasteiger charge is -2.15. The summed E-state index contributed by atoms with van der Waals surface area (Å²) < 4.78 is 32.0. The highest BCUT2D eigenvalue weighted by Gasteiger charge is 2.17. The Bertz CT molecular complexity index is 602. The molecule has 0 heterocycles. The molecule has 0 saturated heterocycles. The standard InChI is InChI=1S/C15H14BrF2NO/c1-2-20-10-5-3-9(4-6-10)15(19)11-7-8-12(17)14(18)13(11)16/h3-8,15H,2,19H2,1H3. The Morgan fingerprint density at radius 3 is 2.40 bits per heavy atom. The van der Waals surface area contributed by atoms with Crippen LogP contribution >= 0.6 is 15.9 Å². The van der Waals surface area contributed by atoms with Crippen LogP contribution < -0.4 is 10.5 Å². The van der Waals surface area contributed by atoms with Crippen LogP contribution in [0.3, 0.4) is 0 Å². The van der Waals surface area contributed by atoms with Crippen LogP contribution in [0.25, 0.3) is 0 Å². The molecule has 2 aromatic carbocycles. The van der Waals surface area contributed by atoms with Gasteiger partial charge in [0.2, 0.25) is 0 Å². The first-order valence-corrected chi connectivity index (χ1v) is 6.95. The lowest BCUT2D eigenvalue weighted by Crippen LogP contribution is -2.13. The second-order valence-corrected chi connectivity index (χ2v) is 5.04. The van der Waals surface area contributed by atoms with Gasteiger partial charge in [-0.3, -0.25) is 0 Å². The largest absolute Gasteiger partial charge is 0.494 e. The van der Waals surface area contributed by atoms with E-state index in [9.17, 15) is 8.78 Å². The van der Waals surface area contributed by atoms with E-state index in [0.29, 0.717) is 12.2 Å². The summed E-state index contributed by atoms with van der Waals surface area (Å²) in [6, 6.07) is 9.22. The monoisotopic (exact) mass is 341 g/mol. The van der Waals surface area contributed by atoms with Crippen molar-refractivity contribution in [2.45, 2.75) is 13.0 Å². The first-order valence-electron chi connectivity index (χ1n) is 6.16. The van der Waals surface area contributed by atoms with Crippen molar-refractivity contribution in [1.29, 1.82) is 0 Å². The van der Waals surface area contributed by atoms with Crippen molar-refractivity contribution in [1.82, 2.24) is 0 Å². The summed E-state index contributed by atoms with van der Waals surface area (Å²) in [7, 11) is 0. The minimum atomic E-state index is -0.927. The van der Waals surface area contributed by atoms with E-state index in [1.54, 1.807) is 12.1 Å². The lowest BCUT2D eigenvalue weighted by atomic mass is 9.99. The van der Waals surface area contributed by atoms with Gasteiger partial charge in [-0.1, -0.05) is 18.2 Å². The molecule has 0 bridgehead atoms. The number of hydrogen-bond acceptors (Lipinski definition) is 2. The quantitative estimate of drug-likeness (QED) is 0.847. The summed E-state index contributed by atoms with van der Waals surface area (Å²) in [6.07, 6.45) is 0. The van der Waals surface area contributed by atoms with Crippen LogP contribution in [0.4, 0.5) is 8.78 Å². The van der Waals surface area contributed by atoms with Crippen molar-refractivity contribution in [3.63, 3.8) is 0 Å². The van der Waals surface area contributed by atoms with Crippen molar-refractivity contribution in [2.75, 3.05) is 6.61 Å². The molecule has 2 nitrogen and oxygen atoms in total. The van der Waals surface area contributed by atoms with Gasteiger partial charge in [-0.2, -0.15) is 0 Å². The van der Waals surface area contributed by atoms with Gasteiger partial charge in [-0.25, -0.2) is 8.78 Å². The number of rotatable bonds is 4. The highest BCUT2D eigenvalue weighted by atomic mass is 79.9. The predicted octanol–water partition coefficient (Wildman–Crippen LogP) is 4.17. The molecule has 2 aromatic rings. The molecule has 2 N–H and O–H groups in total. The average Bonchev–Trinajstić information content (AvgIpc) is 2.45. The fraction of sp³-hybridized carbons (Fsp3) is 0.200. The van der Waals surface area contributed by atoms with Gasteiger partial charge in [0.1, 0.15) is 5.75 Å². The van der Waals surface area contributed by atoms with E-state index in [1.807, 2.05) is 19.1 Å². The molecule has 0 aromatic heterocycles. The SMILES string of the molecule is CCOc1ccc(C(N)c2ccc(F)c(F)c2Br)cc1. The van der Waals surface area contributed by atoms with Gasteiger partial charge in [0.25, 0.3) is 0 Å². The zero-order valence-electron chi connectivity index (χ0n) is 10.9. The fourth-order valence-electron chi connectivity index (χ4n) is 1.90. The van der Waals surface area contributed by atoms with E-state index in [0.717, 1.165) is 17.4 Å². The van der Waals surface area contributed by atoms with Gasteiger partial charge in [-0.15, -0.1) is 0 Å². The molecule has 0 fully saturated rings. The van der Waals surface area contributed by atoms with Crippen LogP contribution in [0, 0.1) is 11.6 Å². The first-order chi connectivity index (χ1) is 9.54. The Morgan fingerprint density at radius 1 is 1.15 bits per heavy atom. The van der Waals surface area contributed by atoms with Gasteiger partial charge in [-0.05, 0) is 52.2 Å². The van der Waals surface area contributed by atoms with Crippen LogP contribution in [-0.4, -0.2) is 6.61 Å². The van der Waals surface area contributed by atoms with Crippen LogP contribution in [0.2, 0.25) is 0 Å². The smallest absolute Gasteiger partial charge is 0.173 e. The van der Waals surface area contributed by atoms with Gasteiger partial charge in [0.05, 0.1) is 17.1 Å². The van der Waals surface area contributed by atoms with Crippen molar-refractivity contribution in [3.8, 4) is 5.75 Å². The second-order valence-electron chi connectivity index (χ2n) is 4.24. The van der Waals surface area contributed by atoms with Gasteiger partial charge in [0.15, 0.2) is 11.6 Å². The first kappa shape index (κ1) is 14.9. The zero-order chi connectivity index (χ0) is 14.7. The van der Waals surface area contributed by atoms with Crippen LogP contribution in [0.1, 0.15) is 24.1 Å². The second kappa shape index (κ2) is 6.33. The molecule has 0 aliphatic carbocycles. The Labute approximate surface area is 124 Å². The molecule has 1 unspecified atom stereocenters. The van der Waals surface area contributed by atoms with Gasteiger partial charge < -0.3 is 10.5 Å². The van der Waals surface area contributed by atoms with Crippen molar-refractivity contribution in [2.24, 2.45) is 5.73 Å². The lowest BCUT2D eigenvalue weighted by molar-refractivity contribution is 0.340. The van der Waals surface area contributed by atoms with E-state index in [-0.39, 0.29) is 4.47 Å². The molecule has 5 heteroatoms. The van der Waals surface area contributed by atoms with E-state index in [1.165, 1.54) is 6.07 Å². The van der Waals surface area contributed by atoms with E-state index in [2.05, 4.69) is 15.9 Å². The highest BCUT2D eigenvalue weighted by molar-refractivity contribution is 9.10. The van der Waals surface area contributed by atoms with E-state index < -0.39 is 17.7 Å². The summed E-state index contributed by atoms with van der Waals surface area (Å²) in [5.74, 6) is -1.09. The third-order valence-electron chi connectivity index (χ3n) is 2.95. The third kappa shape index (κ3) is 2.99. The molecule has 0 saturated carbocycles. The molecule has 1 atom stereocenters. The summed E-state index contributed by atoms with van der Waals surface area (Å²) in [4.78, 5) is 0. The average molecular weight is 342 g/mol. The molecule has 2 rings (SSSR count). The van der Waals surface area contributed by atoms with Crippen molar-refractivity contribution < 1.29 is 13.5 Å². The Morgan fingerprint density at radius 2 is 1.80 bits per heavy atom. The molecule has 20 heavy (non-hydrogen) atoms. The van der Waals surface area contributed by atoms with Crippen molar-refractivity contribution >= 4 is 15.9 Å². The Kier molecular flexibility index (Phi) is 4.73. The molecular weight excluding hydrogens is 328 g/mol. The topological polar surface area (TPSA) is 35.2 Å². The molecule has 106 valence electrons. The number of benzene rings is 2. The van der Waals surface area contributed by atoms with Gasteiger partial charge >= 0.3 is 0 Å². The number of ether oxygens (including phenoxy) is 1. The van der Waals surface area contributed by atoms with Gasteiger partial charge in [0, 0.05) is 0 Å². The maximum atomic E-state index is 13.5. The maximum Gasteiger partial charge on any atom is 0.173 e. The van der Waals surface area contributed by atoms with Crippen LogP contribution in [-0.2, 0) is 0 Å². The van der Waals surface area contributed by atoms with E-state index in [4.69, 9.17) is 10.5 Å². The molecule has 0 radical (unpaired) electrons. The summed E-state index contributed by atoms with van der Waals surface area (Å²) in [6.45, 7) is 2.48. The summed E-state index contributed by atoms with van der Waals surface area (Å²) >= 11 is 3.05. The zero-order valence-corrected chi connectivity index (χ0v) is 12.5. The Balaban J connectivity index is 2.31. The highest BCUT2D eigenvalue weighted by Crippen LogP contribution is 2.30. The van der Waals surface area contributed by atoms with E-state index >= 15 is 0 Å². The number of nitrogens with two attached hydrogens (primary N) is 1. The van der Waals surface area contributed by atoms with Crippen LogP contribution in [0.15, 0.2) is 40.9 Å². The third-order valence-corrected chi connectivity index (χ3v) is 3.76. The predicted molar refractivity (Wildman–Crippen MR) is 77.7 cm³/mol. The summed E-state index contributed by atoms with van der Waals surface area (Å²) in [5, 5.41) is 0. The number of halogens is 3. The van der Waals surface area contributed by atoms with Crippen molar-refractivity contribution in [3.05, 3.63) is 63.6 Å². The fourth-order valence-corrected chi connectivity index (χ4v) is 2.47. The normalized spacial score (nSPS) is 12.2. The molecule has 0 spiro atoms. The molecule has 0 amide bonds. The molecular formula is C15H14BrF2NO. The molecule has 0 aliphatic rings. The minimum Gasteiger partial charge on any atom is -0.494 e. The van der Waals surface area contributed by atoms with Crippen LogP contribution in [0.5, 0.6) is 5.75 Å².